The van der Waals surface area contributed by atoms with Crippen LogP contribution in [0.1, 0.15) is 31.0 Å². The Morgan fingerprint density at radius 3 is 2.00 bits per heavy atom. The highest BCUT2D eigenvalue weighted by molar-refractivity contribution is 5.60. The van der Waals surface area contributed by atoms with Crippen LogP contribution < -0.4 is 4.90 Å². The maximum absolute atomic E-state index is 6.30. The third kappa shape index (κ3) is 4.43. The first kappa shape index (κ1) is 19.1. The van der Waals surface area contributed by atoms with Gasteiger partial charge < -0.3 is 9.64 Å². The van der Waals surface area contributed by atoms with Gasteiger partial charge in [-0.15, -0.1) is 0 Å². The van der Waals surface area contributed by atoms with Crippen LogP contribution in [0.2, 0.25) is 0 Å². The lowest BCUT2D eigenvalue weighted by atomic mass is 10.0. The first-order valence-corrected chi connectivity index (χ1v) is 10.2. The van der Waals surface area contributed by atoms with Gasteiger partial charge in [0.25, 0.3) is 0 Å². The van der Waals surface area contributed by atoms with E-state index < -0.39 is 0 Å². The van der Waals surface area contributed by atoms with E-state index in [1.807, 2.05) is 6.07 Å². The van der Waals surface area contributed by atoms with Gasteiger partial charge in [-0.1, -0.05) is 91.0 Å². The summed E-state index contributed by atoms with van der Waals surface area (Å²) in [6.07, 6.45) is 6.83. The largest absolute Gasteiger partial charge is 0.493 e. The predicted octanol–water partition coefficient (Wildman–Crippen LogP) is 6.64. The first-order valence-electron chi connectivity index (χ1n) is 10.2. The summed E-state index contributed by atoms with van der Waals surface area (Å²) in [4.78, 5) is 2.44. The van der Waals surface area contributed by atoms with E-state index in [0.29, 0.717) is 0 Å². The average Bonchev–Trinajstić information content (AvgIpc) is 3.11. The summed E-state index contributed by atoms with van der Waals surface area (Å²) >= 11 is 0. The average molecular weight is 382 g/mol. The first-order chi connectivity index (χ1) is 14.2. The number of hydrogen-bond acceptors (Lipinski definition) is 2. The van der Waals surface area contributed by atoms with Gasteiger partial charge in [-0.25, -0.2) is 0 Å². The molecule has 2 atom stereocenters. The second kappa shape index (κ2) is 8.83. The summed E-state index contributed by atoms with van der Waals surface area (Å²) in [7, 11) is 0. The Balaban J connectivity index is 1.77. The SMILES string of the molecule is CC(C)OC1=CC(/C=C/c2ccccc2)N(c2ccccc2)C1c1ccccc1. The van der Waals surface area contributed by atoms with Crippen molar-refractivity contribution in [2.24, 2.45) is 0 Å². The molecule has 0 N–H and O–H groups in total. The van der Waals surface area contributed by atoms with Crippen LogP contribution >= 0.6 is 0 Å². The fourth-order valence-electron chi connectivity index (χ4n) is 3.83. The van der Waals surface area contributed by atoms with Gasteiger partial charge in [-0.3, -0.25) is 0 Å². The van der Waals surface area contributed by atoms with Crippen molar-refractivity contribution in [3.63, 3.8) is 0 Å². The smallest absolute Gasteiger partial charge is 0.122 e. The van der Waals surface area contributed by atoms with E-state index in [2.05, 4.69) is 122 Å². The van der Waals surface area contributed by atoms with E-state index in [1.54, 1.807) is 0 Å². The van der Waals surface area contributed by atoms with Gasteiger partial charge in [0.2, 0.25) is 0 Å². The Hall–Kier alpha value is -3.26. The molecule has 3 aromatic carbocycles. The molecule has 0 aliphatic carbocycles. The Morgan fingerprint density at radius 1 is 0.793 bits per heavy atom. The van der Waals surface area contributed by atoms with Crippen molar-refractivity contribution in [1.82, 2.24) is 0 Å². The third-order valence-corrected chi connectivity index (χ3v) is 5.03. The van der Waals surface area contributed by atoms with Crippen LogP contribution in [-0.4, -0.2) is 12.1 Å². The number of rotatable bonds is 6. The quantitative estimate of drug-likeness (QED) is 0.474. The molecule has 0 saturated carbocycles. The van der Waals surface area contributed by atoms with Gasteiger partial charge in [-0.05, 0) is 43.2 Å². The lowest BCUT2D eigenvalue weighted by Gasteiger charge is -2.33. The van der Waals surface area contributed by atoms with Crippen LogP contribution in [0.15, 0.2) is 109 Å². The molecule has 2 nitrogen and oxygen atoms in total. The van der Waals surface area contributed by atoms with Gasteiger partial charge in [-0.2, -0.15) is 0 Å². The molecule has 4 rings (SSSR count). The van der Waals surface area contributed by atoms with Crippen LogP contribution in [-0.2, 0) is 4.74 Å². The summed E-state index contributed by atoms with van der Waals surface area (Å²) in [5.41, 5.74) is 3.62. The molecule has 0 amide bonds. The maximum Gasteiger partial charge on any atom is 0.122 e. The normalized spacial score (nSPS) is 19.0. The topological polar surface area (TPSA) is 12.5 Å². The van der Waals surface area contributed by atoms with Gasteiger partial charge in [0, 0.05) is 5.69 Å². The van der Waals surface area contributed by atoms with Crippen molar-refractivity contribution < 1.29 is 4.74 Å². The second-order valence-corrected chi connectivity index (χ2v) is 7.55. The van der Waals surface area contributed by atoms with Gasteiger partial charge >= 0.3 is 0 Å². The minimum absolute atomic E-state index is 0.0476. The fourth-order valence-corrected chi connectivity index (χ4v) is 3.83. The highest BCUT2D eigenvalue weighted by Gasteiger charge is 2.36. The predicted molar refractivity (Wildman–Crippen MR) is 122 cm³/mol. The van der Waals surface area contributed by atoms with E-state index in [1.165, 1.54) is 16.8 Å². The standard InChI is InChI=1S/C27H27NO/c1-21(2)29-26-20-25(19-18-22-12-6-3-7-13-22)28(24-16-10-5-11-17-24)27(26)23-14-8-4-9-15-23/h3-21,25,27H,1-2H3/b19-18+. The van der Waals surface area contributed by atoms with E-state index in [0.717, 1.165) is 5.76 Å². The van der Waals surface area contributed by atoms with Crippen LogP contribution in [0.25, 0.3) is 6.08 Å². The molecule has 1 aliphatic rings. The maximum atomic E-state index is 6.30. The number of ether oxygens (including phenoxy) is 1. The van der Waals surface area contributed by atoms with Gasteiger partial charge in [0.15, 0.2) is 0 Å². The summed E-state index contributed by atoms with van der Waals surface area (Å²) in [5, 5.41) is 0. The molecule has 0 fully saturated rings. The van der Waals surface area contributed by atoms with E-state index in [9.17, 15) is 0 Å². The zero-order chi connectivity index (χ0) is 20.1. The Kier molecular flexibility index (Phi) is 5.81. The number of para-hydroxylation sites is 1. The summed E-state index contributed by atoms with van der Waals surface area (Å²) in [6, 6.07) is 31.8. The van der Waals surface area contributed by atoms with Crippen molar-refractivity contribution in [3.05, 3.63) is 120 Å². The molecule has 1 aliphatic heterocycles. The minimum Gasteiger partial charge on any atom is -0.493 e. The molecule has 0 saturated heterocycles. The van der Waals surface area contributed by atoms with Crippen LogP contribution in [0.5, 0.6) is 0 Å². The van der Waals surface area contributed by atoms with Gasteiger partial charge in [0.1, 0.15) is 11.8 Å². The molecule has 146 valence electrons. The van der Waals surface area contributed by atoms with Gasteiger partial charge in [0.05, 0.1) is 12.1 Å². The third-order valence-electron chi connectivity index (χ3n) is 5.03. The molecule has 29 heavy (non-hydrogen) atoms. The van der Waals surface area contributed by atoms with Crippen molar-refractivity contribution >= 4 is 11.8 Å². The van der Waals surface area contributed by atoms with E-state index in [4.69, 9.17) is 4.74 Å². The van der Waals surface area contributed by atoms with Crippen molar-refractivity contribution in [3.8, 4) is 0 Å². The highest BCUT2D eigenvalue weighted by Crippen LogP contribution is 2.41. The van der Waals surface area contributed by atoms with Crippen molar-refractivity contribution in [2.75, 3.05) is 4.90 Å². The number of anilines is 1. The molecule has 2 unspecified atom stereocenters. The molecule has 0 radical (unpaired) electrons. The van der Waals surface area contributed by atoms with Crippen LogP contribution in [0.3, 0.4) is 0 Å². The minimum atomic E-state index is 0.0476. The number of hydrogen-bond donors (Lipinski definition) is 0. The molecule has 0 bridgehead atoms. The molecule has 3 aromatic rings. The lowest BCUT2D eigenvalue weighted by molar-refractivity contribution is 0.136. The van der Waals surface area contributed by atoms with E-state index in [-0.39, 0.29) is 18.2 Å². The van der Waals surface area contributed by atoms with Crippen molar-refractivity contribution in [2.45, 2.75) is 32.0 Å². The molecular formula is C27H27NO. The lowest BCUT2D eigenvalue weighted by Crippen LogP contribution is -2.32. The Labute approximate surface area is 173 Å². The van der Waals surface area contributed by atoms with Crippen LogP contribution in [0.4, 0.5) is 5.69 Å². The zero-order valence-corrected chi connectivity index (χ0v) is 17.0. The molecular weight excluding hydrogens is 354 g/mol. The Morgan fingerprint density at radius 2 is 1.38 bits per heavy atom. The van der Waals surface area contributed by atoms with E-state index >= 15 is 0 Å². The fraction of sp³-hybridized carbons (Fsp3) is 0.185. The molecule has 0 spiro atoms. The molecule has 0 aromatic heterocycles. The second-order valence-electron chi connectivity index (χ2n) is 7.55. The highest BCUT2D eigenvalue weighted by atomic mass is 16.5. The Bertz CT molecular complexity index is 961. The van der Waals surface area contributed by atoms with Crippen molar-refractivity contribution in [1.29, 1.82) is 0 Å². The summed E-state index contributed by atoms with van der Waals surface area (Å²) in [6.45, 7) is 4.17. The zero-order valence-electron chi connectivity index (χ0n) is 17.0. The molecule has 1 heterocycles. The summed E-state index contributed by atoms with van der Waals surface area (Å²) in [5.74, 6) is 1.01. The van der Waals surface area contributed by atoms with Crippen LogP contribution in [0, 0.1) is 0 Å². The summed E-state index contributed by atoms with van der Waals surface area (Å²) < 4.78 is 6.30. The number of nitrogens with zero attached hydrogens (tertiary/aromatic N) is 1. The molecule has 2 heteroatoms. The monoisotopic (exact) mass is 381 g/mol. The number of benzene rings is 3.